The number of H-pyrrole nitrogens is 1. The molecule has 0 spiro atoms. The van der Waals surface area contributed by atoms with E-state index in [9.17, 15) is 4.79 Å². The lowest BCUT2D eigenvalue weighted by Crippen LogP contribution is -2.24. The van der Waals surface area contributed by atoms with Gasteiger partial charge in [0.05, 0.1) is 0 Å². The molecule has 0 aliphatic rings. The van der Waals surface area contributed by atoms with Gasteiger partial charge in [0.1, 0.15) is 5.69 Å². The Hall–Kier alpha value is -1.76. The van der Waals surface area contributed by atoms with Crippen molar-refractivity contribution >= 4 is 12.2 Å². The zero-order valence-corrected chi connectivity index (χ0v) is 12.8. The molecule has 0 unspecified atom stereocenters. The summed E-state index contributed by atoms with van der Waals surface area (Å²) in [5, 5.41) is 11.4. The van der Waals surface area contributed by atoms with Gasteiger partial charge in [-0.25, -0.2) is 4.68 Å². The molecular weight excluding hydrogens is 274 g/mol. The summed E-state index contributed by atoms with van der Waals surface area (Å²) in [4.78, 5) is 11.8. The molecule has 0 saturated carbocycles. The second kappa shape index (κ2) is 6.13. The number of nitrogens with zero attached hydrogens (tertiary/aromatic N) is 4. The highest BCUT2D eigenvalue weighted by Crippen LogP contribution is 2.13. The number of rotatable bonds is 5. The first-order valence-electron chi connectivity index (χ1n) is 6.76. The van der Waals surface area contributed by atoms with Gasteiger partial charge in [-0.1, -0.05) is 20.8 Å². The van der Waals surface area contributed by atoms with Crippen LogP contribution in [0.1, 0.15) is 27.2 Å². The lowest BCUT2D eigenvalue weighted by atomic mass is 10.2. The molecule has 7 heteroatoms. The van der Waals surface area contributed by atoms with E-state index in [0.29, 0.717) is 28.8 Å². The molecule has 0 bridgehead atoms. The molecule has 0 aromatic carbocycles. The van der Waals surface area contributed by atoms with E-state index in [0.717, 1.165) is 13.0 Å². The minimum absolute atomic E-state index is 0.0985. The van der Waals surface area contributed by atoms with Crippen LogP contribution in [0.3, 0.4) is 0 Å². The zero-order chi connectivity index (χ0) is 14.7. The van der Waals surface area contributed by atoms with Gasteiger partial charge in [-0.2, -0.15) is 10.2 Å². The number of aromatic nitrogens is 5. The van der Waals surface area contributed by atoms with Crippen molar-refractivity contribution in [2.75, 3.05) is 0 Å². The Balaban J connectivity index is 2.48. The Morgan fingerprint density at radius 3 is 2.80 bits per heavy atom. The lowest BCUT2D eigenvalue weighted by molar-refractivity contribution is 0.464. The van der Waals surface area contributed by atoms with E-state index >= 15 is 0 Å². The van der Waals surface area contributed by atoms with Gasteiger partial charge in [-0.3, -0.25) is 14.5 Å². The Morgan fingerprint density at radius 2 is 2.15 bits per heavy atom. The molecule has 2 aromatic rings. The van der Waals surface area contributed by atoms with Crippen molar-refractivity contribution in [3.05, 3.63) is 27.3 Å². The van der Waals surface area contributed by atoms with Gasteiger partial charge in [0, 0.05) is 19.2 Å². The van der Waals surface area contributed by atoms with Gasteiger partial charge in [-0.05, 0) is 30.6 Å². The minimum atomic E-state index is -0.0985. The van der Waals surface area contributed by atoms with Crippen molar-refractivity contribution in [2.24, 2.45) is 5.92 Å². The van der Waals surface area contributed by atoms with Gasteiger partial charge < -0.3 is 0 Å². The molecule has 6 nitrogen and oxygen atoms in total. The van der Waals surface area contributed by atoms with Crippen LogP contribution in [-0.4, -0.2) is 24.5 Å². The summed E-state index contributed by atoms with van der Waals surface area (Å²) in [6.07, 6.45) is 0.951. The van der Waals surface area contributed by atoms with Crippen LogP contribution < -0.4 is 5.56 Å². The molecule has 0 aliphatic carbocycles. The molecule has 0 aliphatic heterocycles. The second-order valence-electron chi connectivity index (χ2n) is 5.14. The minimum Gasteiger partial charge on any atom is -0.299 e. The summed E-state index contributed by atoms with van der Waals surface area (Å²) in [5.41, 5.74) is 0.560. The van der Waals surface area contributed by atoms with E-state index in [1.54, 1.807) is 6.07 Å². The fourth-order valence-electron chi connectivity index (χ4n) is 1.99. The topological polar surface area (TPSA) is 68.5 Å². The molecule has 0 amide bonds. The fourth-order valence-corrected chi connectivity index (χ4v) is 2.21. The molecule has 2 aromatic heterocycles. The maximum atomic E-state index is 11.8. The predicted molar refractivity (Wildman–Crippen MR) is 80.0 cm³/mol. The lowest BCUT2D eigenvalue weighted by Gasteiger charge is -2.09. The maximum absolute atomic E-state index is 11.8. The molecule has 2 heterocycles. The van der Waals surface area contributed by atoms with Crippen LogP contribution in [0.5, 0.6) is 0 Å². The number of hydrogen-bond donors (Lipinski definition) is 1. The Labute approximate surface area is 122 Å². The predicted octanol–water partition coefficient (Wildman–Crippen LogP) is 2.23. The highest BCUT2D eigenvalue weighted by molar-refractivity contribution is 7.71. The number of nitrogens with one attached hydrogen (secondary N) is 1. The SMILES string of the molecule is CCCn1c(-c2ccc(=O)n(CC(C)C)n2)n[nH]c1=S. The van der Waals surface area contributed by atoms with Crippen molar-refractivity contribution < 1.29 is 0 Å². The van der Waals surface area contributed by atoms with Gasteiger partial charge >= 0.3 is 0 Å². The first-order chi connectivity index (χ1) is 9.52. The second-order valence-corrected chi connectivity index (χ2v) is 5.52. The molecule has 20 heavy (non-hydrogen) atoms. The Kier molecular flexibility index (Phi) is 4.49. The molecule has 0 fully saturated rings. The van der Waals surface area contributed by atoms with E-state index in [4.69, 9.17) is 12.2 Å². The highest BCUT2D eigenvalue weighted by Gasteiger charge is 2.11. The first-order valence-corrected chi connectivity index (χ1v) is 7.17. The summed E-state index contributed by atoms with van der Waals surface area (Å²) in [6, 6.07) is 3.22. The molecule has 0 saturated heterocycles. The quantitative estimate of drug-likeness (QED) is 0.858. The zero-order valence-electron chi connectivity index (χ0n) is 12.0. The summed E-state index contributed by atoms with van der Waals surface area (Å²) in [5.74, 6) is 1.03. The van der Waals surface area contributed by atoms with Gasteiger partial charge in [-0.15, -0.1) is 0 Å². The summed E-state index contributed by atoms with van der Waals surface area (Å²) >= 11 is 5.22. The van der Waals surface area contributed by atoms with Crippen molar-refractivity contribution in [3.63, 3.8) is 0 Å². The van der Waals surface area contributed by atoms with Crippen LogP contribution in [0.4, 0.5) is 0 Å². The third kappa shape index (κ3) is 3.04. The van der Waals surface area contributed by atoms with Crippen LogP contribution in [0.2, 0.25) is 0 Å². The summed E-state index contributed by atoms with van der Waals surface area (Å²) in [6.45, 7) is 7.54. The molecule has 1 N–H and O–H groups in total. The van der Waals surface area contributed by atoms with Gasteiger partial charge in [0.25, 0.3) is 5.56 Å². The van der Waals surface area contributed by atoms with Gasteiger partial charge in [0.15, 0.2) is 10.6 Å². The molecular formula is C13H19N5OS. The largest absolute Gasteiger partial charge is 0.299 e. The number of aromatic amines is 1. The normalized spacial score (nSPS) is 11.2. The van der Waals surface area contributed by atoms with Crippen LogP contribution in [0.15, 0.2) is 16.9 Å². The van der Waals surface area contributed by atoms with Crippen LogP contribution in [-0.2, 0) is 13.1 Å². The summed E-state index contributed by atoms with van der Waals surface area (Å²) in [7, 11) is 0. The Morgan fingerprint density at radius 1 is 1.40 bits per heavy atom. The van der Waals surface area contributed by atoms with E-state index < -0.39 is 0 Å². The summed E-state index contributed by atoms with van der Waals surface area (Å²) < 4.78 is 3.96. The molecule has 2 rings (SSSR count). The molecule has 0 atom stereocenters. The third-order valence-electron chi connectivity index (χ3n) is 2.84. The monoisotopic (exact) mass is 293 g/mol. The fraction of sp³-hybridized carbons (Fsp3) is 0.538. The van der Waals surface area contributed by atoms with Crippen molar-refractivity contribution in [2.45, 2.75) is 40.3 Å². The average Bonchev–Trinajstić information content (AvgIpc) is 2.74. The van der Waals surface area contributed by atoms with Crippen LogP contribution in [0.25, 0.3) is 11.5 Å². The third-order valence-corrected chi connectivity index (χ3v) is 3.15. The molecule has 0 radical (unpaired) electrons. The standard InChI is InChI=1S/C13H19N5OS/c1-4-7-17-12(14-15-13(17)20)10-5-6-11(19)18(16-10)8-9(2)3/h5-6,9H,4,7-8H2,1-3H3,(H,15,20). The van der Waals surface area contributed by atoms with E-state index in [-0.39, 0.29) is 5.56 Å². The van der Waals surface area contributed by atoms with Crippen molar-refractivity contribution in [3.8, 4) is 11.5 Å². The van der Waals surface area contributed by atoms with Crippen LogP contribution >= 0.6 is 12.2 Å². The van der Waals surface area contributed by atoms with E-state index in [2.05, 4.69) is 22.2 Å². The van der Waals surface area contributed by atoms with E-state index in [1.807, 2.05) is 18.4 Å². The van der Waals surface area contributed by atoms with Crippen LogP contribution in [0, 0.1) is 10.7 Å². The average molecular weight is 293 g/mol. The number of hydrogen-bond acceptors (Lipinski definition) is 4. The van der Waals surface area contributed by atoms with Gasteiger partial charge in [0.2, 0.25) is 0 Å². The van der Waals surface area contributed by atoms with Crippen molar-refractivity contribution in [1.29, 1.82) is 0 Å². The highest BCUT2D eigenvalue weighted by atomic mass is 32.1. The maximum Gasteiger partial charge on any atom is 0.266 e. The first kappa shape index (κ1) is 14.6. The smallest absolute Gasteiger partial charge is 0.266 e. The van der Waals surface area contributed by atoms with Crippen molar-refractivity contribution in [1.82, 2.24) is 24.5 Å². The molecule has 108 valence electrons. The Bertz CT molecular complexity index is 697. The van der Waals surface area contributed by atoms with E-state index in [1.165, 1.54) is 10.7 Å².